The Morgan fingerprint density at radius 2 is 2.00 bits per heavy atom. The summed E-state index contributed by atoms with van der Waals surface area (Å²) in [6.07, 6.45) is 6.79. The molecule has 0 fully saturated rings. The first-order valence-electron chi connectivity index (χ1n) is 8.23. The highest BCUT2D eigenvalue weighted by Gasteiger charge is 2.42. The van der Waals surface area contributed by atoms with Crippen LogP contribution < -0.4 is 9.47 Å². The van der Waals surface area contributed by atoms with Crippen LogP contribution in [0.3, 0.4) is 0 Å². The predicted molar refractivity (Wildman–Crippen MR) is 92.9 cm³/mol. The zero-order valence-electron chi connectivity index (χ0n) is 13.4. The molecule has 0 radical (unpaired) electrons. The molecule has 2 aromatic carbocycles. The predicted octanol–water partition coefficient (Wildman–Crippen LogP) is 6.08. The van der Waals surface area contributed by atoms with Gasteiger partial charge in [-0.25, -0.2) is 4.39 Å². The molecule has 4 rings (SSSR count). The van der Waals surface area contributed by atoms with E-state index in [1.807, 2.05) is 18.2 Å². The molecule has 0 amide bonds. The quantitative estimate of drug-likeness (QED) is 0.657. The molecule has 0 unspecified atom stereocenters. The SMILES string of the molecule is C[C@]1(c2ccc(Cl)cc2F)Oc2cccc(C3=CCCCC3)c2O1. The number of hydrogen-bond acceptors (Lipinski definition) is 2. The molecule has 24 heavy (non-hydrogen) atoms. The smallest absolute Gasteiger partial charge is 0.278 e. The van der Waals surface area contributed by atoms with Crippen LogP contribution in [0.15, 0.2) is 42.5 Å². The van der Waals surface area contributed by atoms with Crippen LogP contribution in [0.1, 0.15) is 43.7 Å². The number of ether oxygens (including phenoxy) is 2. The van der Waals surface area contributed by atoms with Crippen molar-refractivity contribution < 1.29 is 13.9 Å². The maximum absolute atomic E-state index is 14.4. The first-order valence-corrected chi connectivity index (χ1v) is 8.60. The maximum atomic E-state index is 14.4. The monoisotopic (exact) mass is 344 g/mol. The second kappa shape index (κ2) is 5.82. The normalized spacial score (nSPS) is 22.4. The van der Waals surface area contributed by atoms with Crippen LogP contribution in [0.25, 0.3) is 5.57 Å². The van der Waals surface area contributed by atoms with E-state index in [9.17, 15) is 4.39 Å². The molecule has 0 saturated heterocycles. The fraction of sp³-hybridized carbons (Fsp3) is 0.300. The molecule has 4 heteroatoms. The van der Waals surface area contributed by atoms with Crippen molar-refractivity contribution in [2.24, 2.45) is 0 Å². The summed E-state index contributed by atoms with van der Waals surface area (Å²) in [5.41, 5.74) is 2.67. The zero-order chi connectivity index (χ0) is 16.7. The Morgan fingerprint density at radius 1 is 1.12 bits per heavy atom. The number of halogens is 2. The van der Waals surface area contributed by atoms with Crippen molar-refractivity contribution in [1.82, 2.24) is 0 Å². The van der Waals surface area contributed by atoms with Crippen molar-refractivity contribution in [2.45, 2.75) is 38.4 Å². The average Bonchev–Trinajstić information content (AvgIpc) is 2.92. The standard InChI is InChI=1S/C20H18ClFO2/c1-20(16-11-10-14(21)12-17(16)22)23-18-9-5-8-15(19(18)24-20)13-6-3-2-4-7-13/h5-6,8-12H,2-4,7H2,1H3/t20-/m0/s1. The Balaban J connectivity index is 1.75. The van der Waals surface area contributed by atoms with Gasteiger partial charge in [0.05, 0.1) is 5.56 Å². The topological polar surface area (TPSA) is 18.5 Å². The Bertz CT molecular complexity index is 830. The van der Waals surface area contributed by atoms with Crippen LogP contribution in [0.2, 0.25) is 5.02 Å². The van der Waals surface area contributed by atoms with Gasteiger partial charge < -0.3 is 9.47 Å². The van der Waals surface area contributed by atoms with Gasteiger partial charge in [-0.15, -0.1) is 0 Å². The maximum Gasteiger partial charge on any atom is 0.278 e. The van der Waals surface area contributed by atoms with Crippen molar-refractivity contribution in [3.63, 3.8) is 0 Å². The first kappa shape index (κ1) is 15.5. The molecule has 124 valence electrons. The van der Waals surface area contributed by atoms with Gasteiger partial charge in [-0.2, -0.15) is 0 Å². The molecule has 1 aliphatic heterocycles. The van der Waals surface area contributed by atoms with E-state index in [2.05, 4.69) is 6.08 Å². The molecule has 2 aromatic rings. The molecule has 1 heterocycles. The number of fused-ring (bicyclic) bond motifs is 1. The lowest BCUT2D eigenvalue weighted by Crippen LogP contribution is -2.32. The van der Waals surface area contributed by atoms with Gasteiger partial charge in [0.15, 0.2) is 11.5 Å². The lowest BCUT2D eigenvalue weighted by molar-refractivity contribution is -0.0708. The molecule has 0 saturated carbocycles. The van der Waals surface area contributed by atoms with E-state index in [1.165, 1.54) is 24.5 Å². The number of rotatable bonds is 2. The van der Waals surface area contributed by atoms with Gasteiger partial charge in [-0.05, 0) is 55.5 Å². The van der Waals surface area contributed by atoms with Crippen LogP contribution in [-0.2, 0) is 5.79 Å². The van der Waals surface area contributed by atoms with Crippen molar-refractivity contribution >= 4 is 17.2 Å². The van der Waals surface area contributed by atoms with E-state index in [4.69, 9.17) is 21.1 Å². The number of para-hydroxylation sites is 1. The Hall–Kier alpha value is -2.00. The summed E-state index contributed by atoms with van der Waals surface area (Å²) in [5, 5.41) is 0.350. The summed E-state index contributed by atoms with van der Waals surface area (Å²) in [7, 11) is 0. The third-order valence-electron chi connectivity index (χ3n) is 4.64. The molecular weight excluding hydrogens is 327 g/mol. The molecule has 1 atom stereocenters. The highest BCUT2D eigenvalue weighted by atomic mass is 35.5. The summed E-state index contributed by atoms with van der Waals surface area (Å²) in [5.74, 6) is -0.280. The van der Waals surface area contributed by atoms with E-state index in [0.717, 1.165) is 18.4 Å². The van der Waals surface area contributed by atoms with Crippen LogP contribution >= 0.6 is 11.6 Å². The lowest BCUT2D eigenvalue weighted by atomic mass is 9.93. The fourth-order valence-corrected chi connectivity index (χ4v) is 3.59. The number of allylic oxidation sites excluding steroid dienone is 2. The second-order valence-electron chi connectivity index (χ2n) is 6.38. The Labute approximate surface area is 145 Å². The van der Waals surface area contributed by atoms with Gasteiger partial charge in [0.1, 0.15) is 5.82 Å². The Kier molecular flexibility index (Phi) is 3.76. The molecule has 2 nitrogen and oxygen atoms in total. The van der Waals surface area contributed by atoms with E-state index in [1.54, 1.807) is 19.1 Å². The average molecular weight is 345 g/mol. The summed E-state index contributed by atoms with van der Waals surface area (Å²) in [6.45, 7) is 1.73. The first-order chi connectivity index (χ1) is 11.6. The van der Waals surface area contributed by atoms with Crippen LogP contribution in [-0.4, -0.2) is 0 Å². The third kappa shape index (κ3) is 2.57. The summed E-state index contributed by atoms with van der Waals surface area (Å²) in [4.78, 5) is 0. The van der Waals surface area contributed by atoms with Gasteiger partial charge in [-0.3, -0.25) is 0 Å². The molecular formula is C20H18ClFO2. The largest absolute Gasteiger partial charge is 0.444 e. The minimum atomic E-state index is -1.19. The van der Waals surface area contributed by atoms with E-state index in [-0.39, 0.29) is 0 Å². The lowest BCUT2D eigenvalue weighted by Gasteiger charge is -2.24. The minimum Gasteiger partial charge on any atom is -0.444 e. The zero-order valence-corrected chi connectivity index (χ0v) is 14.2. The molecule has 0 N–H and O–H groups in total. The molecule has 0 spiro atoms. The molecule has 0 aromatic heterocycles. The van der Waals surface area contributed by atoms with Crippen LogP contribution in [0.4, 0.5) is 4.39 Å². The van der Waals surface area contributed by atoms with Gasteiger partial charge >= 0.3 is 0 Å². The highest BCUT2D eigenvalue weighted by Crippen LogP contribution is 2.49. The van der Waals surface area contributed by atoms with Crippen molar-refractivity contribution in [1.29, 1.82) is 0 Å². The number of benzene rings is 2. The molecule has 0 bridgehead atoms. The van der Waals surface area contributed by atoms with E-state index < -0.39 is 11.6 Å². The van der Waals surface area contributed by atoms with E-state index in [0.29, 0.717) is 22.1 Å². The van der Waals surface area contributed by atoms with Crippen LogP contribution in [0, 0.1) is 5.82 Å². The summed E-state index contributed by atoms with van der Waals surface area (Å²) < 4.78 is 26.5. The van der Waals surface area contributed by atoms with Crippen molar-refractivity contribution in [2.75, 3.05) is 0 Å². The third-order valence-corrected chi connectivity index (χ3v) is 4.87. The van der Waals surface area contributed by atoms with Gasteiger partial charge in [0, 0.05) is 17.5 Å². The van der Waals surface area contributed by atoms with Gasteiger partial charge in [0.2, 0.25) is 0 Å². The van der Waals surface area contributed by atoms with Gasteiger partial charge in [-0.1, -0.05) is 29.8 Å². The number of hydrogen-bond donors (Lipinski definition) is 0. The highest BCUT2D eigenvalue weighted by molar-refractivity contribution is 6.30. The van der Waals surface area contributed by atoms with Crippen molar-refractivity contribution in [3.05, 3.63) is 64.4 Å². The van der Waals surface area contributed by atoms with E-state index >= 15 is 0 Å². The van der Waals surface area contributed by atoms with Crippen LogP contribution in [0.5, 0.6) is 11.5 Å². The molecule has 2 aliphatic rings. The summed E-state index contributed by atoms with van der Waals surface area (Å²) in [6, 6.07) is 10.4. The molecule has 1 aliphatic carbocycles. The fourth-order valence-electron chi connectivity index (χ4n) is 3.43. The Morgan fingerprint density at radius 3 is 2.75 bits per heavy atom. The minimum absolute atomic E-state index is 0.340. The van der Waals surface area contributed by atoms with Crippen molar-refractivity contribution in [3.8, 4) is 11.5 Å². The van der Waals surface area contributed by atoms with Gasteiger partial charge in [0.25, 0.3) is 5.79 Å². The second-order valence-corrected chi connectivity index (χ2v) is 6.82. The summed E-state index contributed by atoms with van der Waals surface area (Å²) >= 11 is 5.86.